The third-order valence-electron chi connectivity index (χ3n) is 4.16. The van der Waals surface area contributed by atoms with Gasteiger partial charge in [-0.1, -0.05) is 11.3 Å². The lowest BCUT2D eigenvalue weighted by Crippen LogP contribution is -2.07. The van der Waals surface area contributed by atoms with Crippen LogP contribution in [0.25, 0.3) is 21.3 Å². The molecular formula is C19H21N5OS. The zero-order chi connectivity index (χ0) is 18.3. The first kappa shape index (κ1) is 16.8. The Balaban J connectivity index is 1.78. The molecule has 0 aliphatic heterocycles. The molecule has 0 fully saturated rings. The molecule has 4 aromatic rings. The Labute approximate surface area is 155 Å². The molecule has 0 unspecified atom stereocenters. The van der Waals surface area contributed by atoms with Crippen LogP contribution in [-0.2, 0) is 6.54 Å². The number of imidazole rings is 1. The van der Waals surface area contributed by atoms with Crippen molar-refractivity contribution in [1.82, 2.24) is 19.5 Å². The Morgan fingerprint density at radius 2 is 2.08 bits per heavy atom. The Hall–Kier alpha value is -2.67. The van der Waals surface area contributed by atoms with Crippen LogP contribution in [0.3, 0.4) is 0 Å². The van der Waals surface area contributed by atoms with Gasteiger partial charge in [0.05, 0.1) is 28.0 Å². The molecule has 6 nitrogen and oxygen atoms in total. The monoisotopic (exact) mass is 367 g/mol. The summed E-state index contributed by atoms with van der Waals surface area (Å²) >= 11 is 1.62. The van der Waals surface area contributed by atoms with Crippen LogP contribution >= 0.6 is 11.3 Å². The minimum atomic E-state index is 0.0924. The van der Waals surface area contributed by atoms with Crippen molar-refractivity contribution in [2.45, 2.75) is 40.3 Å². The minimum Gasteiger partial charge on any atom is -0.489 e. The van der Waals surface area contributed by atoms with Crippen LogP contribution in [0.2, 0.25) is 0 Å². The van der Waals surface area contributed by atoms with Crippen LogP contribution in [0.1, 0.15) is 26.6 Å². The lowest BCUT2D eigenvalue weighted by atomic mass is 10.3. The van der Waals surface area contributed by atoms with Gasteiger partial charge in [-0.3, -0.25) is 4.98 Å². The molecule has 0 aliphatic rings. The number of aromatic nitrogens is 4. The van der Waals surface area contributed by atoms with Gasteiger partial charge < -0.3 is 14.6 Å². The first-order valence-electron chi connectivity index (χ1n) is 8.71. The van der Waals surface area contributed by atoms with Crippen LogP contribution in [0.5, 0.6) is 5.75 Å². The van der Waals surface area contributed by atoms with Crippen molar-refractivity contribution in [3.05, 3.63) is 36.4 Å². The fourth-order valence-electron chi connectivity index (χ4n) is 3.11. The summed E-state index contributed by atoms with van der Waals surface area (Å²) in [5, 5.41) is 4.18. The van der Waals surface area contributed by atoms with E-state index >= 15 is 0 Å². The van der Waals surface area contributed by atoms with E-state index in [2.05, 4.69) is 38.9 Å². The van der Waals surface area contributed by atoms with Gasteiger partial charge >= 0.3 is 0 Å². The molecule has 0 saturated heterocycles. The molecular weight excluding hydrogens is 346 g/mol. The Morgan fingerprint density at radius 3 is 2.85 bits per heavy atom. The highest BCUT2D eigenvalue weighted by Gasteiger charge is 2.15. The van der Waals surface area contributed by atoms with Gasteiger partial charge in [-0.15, -0.1) is 0 Å². The van der Waals surface area contributed by atoms with Crippen molar-refractivity contribution >= 4 is 43.4 Å². The largest absolute Gasteiger partial charge is 0.489 e. The van der Waals surface area contributed by atoms with Gasteiger partial charge in [0.15, 0.2) is 5.13 Å². The molecule has 1 N–H and O–H groups in total. The average molecular weight is 367 g/mol. The van der Waals surface area contributed by atoms with Crippen molar-refractivity contribution in [2.75, 3.05) is 5.32 Å². The molecule has 4 rings (SSSR count). The molecule has 0 radical (unpaired) electrons. The maximum Gasteiger partial charge on any atom is 0.188 e. The summed E-state index contributed by atoms with van der Waals surface area (Å²) in [5.41, 5.74) is 3.87. The predicted molar refractivity (Wildman–Crippen MR) is 107 cm³/mol. The molecule has 1 aromatic carbocycles. The molecule has 0 aliphatic carbocycles. The average Bonchev–Trinajstić information content (AvgIpc) is 3.15. The summed E-state index contributed by atoms with van der Waals surface area (Å²) in [4.78, 5) is 13.7. The van der Waals surface area contributed by atoms with E-state index in [0.717, 1.165) is 50.2 Å². The molecule has 134 valence electrons. The van der Waals surface area contributed by atoms with E-state index in [9.17, 15) is 0 Å². The zero-order valence-corrected chi connectivity index (χ0v) is 16.1. The molecule has 0 spiro atoms. The summed E-state index contributed by atoms with van der Waals surface area (Å²) in [7, 11) is 0. The van der Waals surface area contributed by atoms with Crippen LogP contribution < -0.4 is 10.1 Å². The quantitative estimate of drug-likeness (QED) is 0.543. The van der Waals surface area contributed by atoms with Gasteiger partial charge in [0.2, 0.25) is 0 Å². The summed E-state index contributed by atoms with van der Waals surface area (Å²) in [6.07, 6.45) is 3.59. The fourth-order valence-corrected chi connectivity index (χ4v) is 3.99. The smallest absolute Gasteiger partial charge is 0.188 e. The number of nitrogens with one attached hydrogen (secondary N) is 1. The highest BCUT2D eigenvalue weighted by molar-refractivity contribution is 7.22. The number of hydrogen-bond acceptors (Lipinski definition) is 6. The maximum atomic E-state index is 5.86. The highest BCUT2D eigenvalue weighted by Crippen LogP contribution is 2.35. The molecule has 0 atom stereocenters. The van der Waals surface area contributed by atoms with Gasteiger partial charge in [0.1, 0.15) is 22.8 Å². The highest BCUT2D eigenvalue weighted by atomic mass is 32.1. The van der Waals surface area contributed by atoms with Gasteiger partial charge in [-0.2, -0.15) is 0 Å². The number of thiazole rings is 1. The molecule has 3 aromatic heterocycles. The van der Waals surface area contributed by atoms with Crippen molar-refractivity contribution in [1.29, 1.82) is 0 Å². The molecule has 0 amide bonds. The van der Waals surface area contributed by atoms with Crippen molar-refractivity contribution < 1.29 is 4.74 Å². The second-order valence-electron chi connectivity index (χ2n) is 6.37. The molecule has 3 heterocycles. The lowest BCUT2D eigenvalue weighted by Gasteiger charge is -2.13. The summed E-state index contributed by atoms with van der Waals surface area (Å²) < 4.78 is 9.20. The second-order valence-corrected chi connectivity index (χ2v) is 7.40. The maximum absolute atomic E-state index is 5.86. The van der Waals surface area contributed by atoms with E-state index in [1.807, 2.05) is 26.8 Å². The van der Waals surface area contributed by atoms with Crippen LogP contribution in [0, 0.1) is 6.92 Å². The molecule has 26 heavy (non-hydrogen) atoms. The van der Waals surface area contributed by atoms with Crippen LogP contribution in [0.4, 0.5) is 10.8 Å². The van der Waals surface area contributed by atoms with E-state index in [4.69, 9.17) is 9.72 Å². The van der Waals surface area contributed by atoms with Crippen molar-refractivity contribution in [3.8, 4) is 5.75 Å². The zero-order valence-electron chi connectivity index (χ0n) is 15.3. The number of pyridine rings is 1. The summed E-state index contributed by atoms with van der Waals surface area (Å²) in [6, 6.07) is 6.02. The Bertz CT molecular complexity index is 1080. The molecule has 0 saturated carbocycles. The number of ether oxygens (including phenoxy) is 1. The fraction of sp³-hybridized carbons (Fsp3) is 0.316. The predicted octanol–water partition coefficient (Wildman–Crippen LogP) is 4.90. The summed E-state index contributed by atoms with van der Waals surface area (Å²) in [5.74, 6) is 1.78. The van der Waals surface area contributed by atoms with E-state index in [1.165, 1.54) is 0 Å². The Kier molecular flexibility index (Phi) is 4.24. The normalized spacial score (nSPS) is 11.6. The Morgan fingerprint density at radius 1 is 1.23 bits per heavy atom. The number of anilines is 2. The van der Waals surface area contributed by atoms with E-state index in [-0.39, 0.29) is 6.10 Å². The standard InChI is InChI=1S/C19H21N5OS/c1-5-24-12(4)21-13-6-7-16-17(18(13)24)23-19(26-16)22-14-10-20-9-8-15(14)25-11(2)3/h6-11H,5H2,1-4H3,(H,22,23). The molecule has 0 bridgehead atoms. The van der Waals surface area contributed by atoms with Crippen molar-refractivity contribution in [2.24, 2.45) is 0 Å². The van der Waals surface area contributed by atoms with Crippen molar-refractivity contribution in [3.63, 3.8) is 0 Å². The summed E-state index contributed by atoms with van der Waals surface area (Å²) in [6.45, 7) is 9.05. The first-order valence-corrected chi connectivity index (χ1v) is 9.52. The first-order chi connectivity index (χ1) is 12.6. The molecule has 7 heteroatoms. The minimum absolute atomic E-state index is 0.0924. The number of aryl methyl sites for hydroxylation is 2. The number of nitrogens with zero attached hydrogens (tertiary/aromatic N) is 4. The number of benzene rings is 1. The van der Waals surface area contributed by atoms with Gasteiger partial charge in [0, 0.05) is 18.8 Å². The van der Waals surface area contributed by atoms with Crippen LogP contribution in [-0.4, -0.2) is 25.6 Å². The van der Waals surface area contributed by atoms with Crippen LogP contribution in [0.15, 0.2) is 30.6 Å². The number of hydrogen-bond donors (Lipinski definition) is 1. The SMILES string of the molecule is CCn1c(C)nc2ccc3sc(Nc4cnccc4OC(C)C)nc3c21. The van der Waals surface area contributed by atoms with E-state index < -0.39 is 0 Å². The lowest BCUT2D eigenvalue weighted by molar-refractivity contribution is 0.243. The van der Waals surface area contributed by atoms with E-state index in [0.29, 0.717) is 0 Å². The van der Waals surface area contributed by atoms with Gasteiger partial charge in [0.25, 0.3) is 0 Å². The topological polar surface area (TPSA) is 64.9 Å². The van der Waals surface area contributed by atoms with E-state index in [1.54, 1.807) is 23.7 Å². The third kappa shape index (κ3) is 2.88. The number of rotatable bonds is 5. The van der Waals surface area contributed by atoms with Gasteiger partial charge in [-0.25, -0.2) is 9.97 Å². The number of fused-ring (bicyclic) bond motifs is 3. The van der Waals surface area contributed by atoms with Gasteiger partial charge in [-0.05, 0) is 39.8 Å². The third-order valence-corrected chi connectivity index (χ3v) is 5.09. The second kappa shape index (κ2) is 6.57.